The van der Waals surface area contributed by atoms with Gasteiger partial charge >= 0.3 is 0 Å². The second-order valence-corrected chi connectivity index (χ2v) is 5.92. The summed E-state index contributed by atoms with van der Waals surface area (Å²) in [5.41, 5.74) is 6.35. The summed E-state index contributed by atoms with van der Waals surface area (Å²) in [6.45, 7) is 11.3. The first kappa shape index (κ1) is 15.4. The van der Waals surface area contributed by atoms with Crippen molar-refractivity contribution in [2.75, 3.05) is 5.32 Å². The molecular weight excluding hydrogens is 258 g/mol. The van der Waals surface area contributed by atoms with E-state index in [0.29, 0.717) is 0 Å². The Bertz CT molecular complexity index is 617. The molecule has 0 fully saturated rings. The lowest BCUT2D eigenvalue weighted by atomic mass is 10.1. The van der Waals surface area contributed by atoms with Gasteiger partial charge in [0.05, 0.1) is 6.10 Å². The van der Waals surface area contributed by atoms with Gasteiger partial charge in [-0.1, -0.05) is 18.2 Å². The fourth-order valence-electron chi connectivity index (χ4n) is 2.29. The Morgan fingerprint density at radius 1 is 0.905 bits per heavy atom. The first-order valence-electron chi connectivity index (χ1n) is 7.53. The van der Waals surface area contributed by atoms with Gasteiger partial charge in [-0.15, -0.1) is 0 Å². The number of ether oxygens (including phenoxy) is 1. The Morgan fingerprint density at radius 3 is 2.29 bits per heavy atom. The van der Waals surface area contributed by atoms with E-state index >= 15 is 0 Å². The van der Waals surface area contributed by atoms with Gasteiger partial charge in [0.2, 0.25) is 0 Å². The molecule has 2 aromatic rings. The van der Waals surface area contributed by atoms with Crippen molar-refractivity contribution in [1.82, 2.24) is 0 Å². The van der Waals surface area contributed by atoms with Crippen LogP contribution >= 0.6 is 0 Å². The maximum absolute atomic E-state index is 5.71. The van der Waals surface area contributed by atoms with Crippen molar-refractivity contribution in [3.63, 3.8) is 0 Å². The molecule has 0 saturated carbocycles. The van der Waals surface area contributed by atoms with Gasteiger partial charge in [-0.25, -0.2) is 0 Å². The van der Waals surface area contributed by atoms with Crippen LogP contribution in [0.15, 0.2) is 36.4 Å². The van der Waals surface area contributed by atoms with Crippen LogP contribution in [0, 0.1) is 20.8 Å². The number of hydrogen-bond donors (Lipinski definition) is 1. The van der Waals surface area contributed by atoms with E-state index < -0.39 is 0 Å². The minimum Gasteiger partial charge on any atom is -0.491 e. The molecule has 2 nitrogen and oxygen atoms in total. The Hall–Kier alpha value is -1.96. The van der Waals surface area contributed by atoms with Crippen molar-refractivity contribution >= 4 is 5.69 Å². The molecule has 0 aliphatic heterocycles. The van der Waals surface area contributed by atoms with Crippen LogP contribution in [0.25, 0.3) is 0 Å². The van der Waals surface area contributed by atoms with Crippen molar-refractivity contribution < 1.29 is 4.74 Å². The lowest BCUT2D eigenvalue weighted by Crippen LogP contribution is -2.06. The molecule has 0 unspecified atom stereocenters. The summed E-state index contributed by atoms with van der Waals surface area (Å²) in [7, 11) is 0. The van der Waals surface area contributed by atoms with E-state index in [9.17, 15) is 0 Å². The summed E-state index contributed by atoms with van der Waals surface area (Å²) in [6.07, 6.45) is 0.207. The summed E-state index contributed by atoms with van der Waals surface area (Å²) < 4.78 is 5.71. The van der Waals surface area contributed by atoms with Crippen LogP contribution in [-0.4, -0.2) is 6.10 Å². The number of anilines is 1. The van der Waals surface area contributed by atoms with Crippen LogP contribution in [0.4, 0.5) is 5.69 Å². The van der Waals surface area contributed by atoms with Gasteiger partial charge in [-0.2, -0.15) is 0 Å². The van der Waals surface area contributed by atoms with Gasteiger partial charge < -0.3 is 10.1 Å². The lowest BCUT2D eigenvalue weighted by Gasteiger charge is -2.14. The smallest absolute Gasteiger partial charge is 0.120 e. The van der Waals surface area contributed by atoms with Crippen LogP contribution in [0.2, 0.25) is 0 Å². The maximum atomic E-state index is 5.71. The number of nitrogens with one attached hydrogen (secondary N) is 1. The first-order chi connectivity index (χ1) is 9.95. The number of rotatable bonds is 5. The molecular formula is C19H25NO. The van der Waals surface area contributed by atoms with E-state index in [2.05, 4.69) is 56.4 Å². The quantitative estimate of drug-likeness (QED) is 0.832. The predicted molar refractivity (Wildman–Crippen MR) is 90.2 cm³/mol. The monoisotopic (exact) mass is 283 g/mol. The van der Waals surface area contributed by atoms with Crippen LogP contribution in [0.1, 0.15) is 36.1 Å². The minimum atomic E-state index is 0.207. The molecule has 112 valence electrons. The second kappa shape index (κ2) is 6.66. The van der Waals surface area contributed by atoms with E-state index in [0.717, 1.165) is 18.0 Å². The van der Waals surface area contributed by atoms with Gasteiger partial charge in [-0.05, 0) is 75.1 Å². The Balaban J connectivity index is 2.04. The highest BCUT2D eigenvalue weighted by Gasteiger charge is 2.03. The molecule has 0 saturated heterocycles. The molecule has 0 spiro atoms. The molecule has 21 heavy (non-hydrogen) atoms. The minimum absolute atomic E-state index is 0.207. The molecule has 0 amide bonds. The molecule has 1 N–H and O–H groups in total. The van der Waals surface area contributed by atoms with Crippen molar-refractivity contribution in [2.24, 2.45) is 0 Å². The molecule has 2 aromatic carbocycles. The van der Waals surface area contributed by atoms with Crippen molar-refractivity contribution in [3.8, 4) is 5.75 Å². The van der Waals surface area contributed by atoms with E-state index in [-0.39, 0.29) is 6.10 Å². The number of benzene rings is 2. The standard InChI is InChI=1S/C19H25NO/c1-13(2)21-18-8-9-19(16(5)11-18)20-12-17-7-6-14(3)15(4)10-17/h6-11,13,20H,12H2,1-5H3. The first-order valence-corrected chi connectivity index (χ1v) is 7.53. The van der Waals surface area contributed by atoms with E-state index in [4.69, 9.17) is 4.74 Å². The van der Waals surface area contributed by atoms with Crippen LogP contribution < -0.4 is 10.1 Å². The van der Waals surface area contributed by atoms with Crippen molar-refractivity contribution in [1.29, 1.82) is 0 Å². The van der Waals surface area contributed by atoms with Gasteiger partial charge in [0.15, 0.2) is 0 Å². The summed E-state index contributed by atoms with van der Waals surface area (Å²) >= 11 is 0. The Kier molecular flexibility index (Phi) is 4.89. The molecule has 0 atom stereocenters. The molecule has 0 heterocycles. The fourth-order valence-corrected chi connectivity index (χ4v) is 2.29. The third kappa shape index (κ3) is 4.25. The fraction of sp³-hybridized carbons (Fsp3) is 0.368. The van der Waals surface area contributed by atoms with Crippen molar-refractivity contribution in [2.45, 2.75) is 47.3 Å². The Morgan fingerprint density at radius 2 is 1.67 bits per heavy atom. The van der Waals surface area contributed by atoms with Crippen molar-refractivity contribution in [3.05, 3.63) is 58.7 Å². The molecule has 0 aliphatic carbocycles. The van der Waals surface area contributed by atoms with E-state index in [1.165, 1.54) is 22.3 Å². The number of hydrogen-bond acceptors (Lipinski definition) is 2. The average Bonchev–Trinajstić information content (AvgIpc) is 2.41. The molecule has 0 aromatic heterocycles. The highest BCUT2D eigenvalue weighted by atomic mass is 16.5. The number of aryl methyl sites for hydroxylation is 3. The van der Waals surface area contributed by atoms with Gasteiger partial charge in [-0.3, -0.25) is 0 Å². The van der Waals surface area contributed by atoms with Gasteiger partial charge in [0, 0.05) is 12.2 Å². The summed E-state index contributed by atoms with van der Waals surface area (Å²) in [5.74, 6) is 0.930. The summed E-state index contributed by atoms with van der Waals surface area (Å²) in [4.78, 5) is 0. The molecule has 0 bridgehead atoms. The maximum Gasteiger partial charge on any atom is 0.120 e. The zero-order valence-corrected chi connectivity index (χ0v) is 13.7. The molecule has 2 heteroatoms. The largest absolute Gasteiger partial charge is 0.491 e. The van der Waals surface area contributed by atoms with Crippen LogP contribution in [-0.2, 0) is 6.54 Å². The van der Waals surface area contributed by atoms with E-state index in [1.807, 2.05) is 19.9 Å². The topological polar surface area (TPSA) is 21.3 Å². The molecule has 2 rings (SSSR count). The summed E-state index contributed by atoms with van der Waals surface area (Å²) in [6, 6.07) is 12.8. The zero-order valence-electron chi connectivity index (χ0n) is 13.7. The SMILES string of the molecule is Cc1ccc(CNc2ccc(OC(C)C)cc2C)cc1C. The van der Waals surface area contributed by atoms with Gasteiger partial charge in [0.1, 0.15) is 5.75 Å². The third-order valence-corrected chi connectivity index (χ3v) is 3.62. The summed E-state index contributed by atoms with van der Waals surface area (Å²) in [5, 5.41) is 3.50. The highest BCUT2D eigenvalue weighted by molar-refractivity contribution is 5.54. The van der Waals surface area contributed by atoms with E-state index in [1.54, 1.807) is 0 Å². The van der Waals surface area contributed by atoms with Crippen LogP contribution in [0.3, 0.4) is 0 Å². The van der Waals surface area contributed by atoms with Gasteiger partial charge in [0.25, 0.3) is 0 Å². The molecule has 0 radical (unpaired) electrons. The third-order valence-electron chi connectivity index (χ3n) is 3.62. The highest BCUT2D eigenvalue weighted by Crippen LogP contribution is 2.23. The zero-order chi connectivity index (χ0) is 15.4. The normalized spacial score (nSPS) is 10.8. The molecule has 0 aliphatic rings. The van der Waals surface area contributed by atoms with Crippen LogP contribution in [0.5, 0.6) is 5.75 Å². The second-order valence-electron chi connectivity index (χ2n) is 5.92. The predicted octanol–water partition coefficient (Wildman–Crippen LogP) is 5.01. The average molecular weight is 283 g/mol. The Labute approximate surface area is 128 Å². The lowest BCUT2D eigenvalue weighted by molar-refractivity contribution is 0.242.